The first-order chi connectivity index (χ1) is 16.0. The van der Waals surface area contributed by atoms with E-state index in [4.69, 9.17) is 5.41 Å². The van der Waals surface area contributed by atoms with E-state index in [-0.39, 0.29) is 26.2 Å². The van der Waals surface area contributed by atoms with Crippen LogP contribution in [0.25, 0.3) is 16.7 Å². The Kier molecular flexibility index (Phi) is 5.14. The number of benzene rings is 2. The standard InChI is InChI=1S/C25H20N4O3S/c26-23-21(33(31,32)19-11-5-2-6-12-19)17-20-24(27-22-13-7-8-15-28(22)25(20)30)29(23)16-14-18-9-3-1-4-10-18/h1-13,15,17,26H,14,16H2. The second-order valence-corrected chi connectivity index (χ2v) is 9.56. The maximum atomic E-state index is 13.4. The van der Waals surface area contributed by atoms with Gasteiger partial charge in [0.15, 0.2) is 0 Å². The third-order valence-electron chi connectivity index (χ3n) is 5.59. The zero-order chi connectivity index (χ0) is 23.0. The normalized spacial score (nSPS) is 11.8. The van der Waals surface area contributed by atoms with Crippen molar-refractivity contribution in [2.24, 2.45) is 0 Å². The average molecular weight is 457 g/mol. The van der Waals surface area contributed by atoms with Crippen molar-refractivity contribution in [1.29, 1.82) is 5.41 Å². The molecule has 0 bridgehead atoms. The summed E-state index contributed by atoms with van der Waals surface area (Å²) in [5.74, 6) is 0. The lowest BCUT2D eigenvalue weighted by Crippen LogP contribution is -2.30. The number of fused-ring (bicyclic) bond motifs is 2. The van der Waals surface area contributed by atoms with Crippen LogP contribution in [0.5, 0.6) is 0 Å². The predicted molar refractivity (Wildman–Crippen MR) is 125 cm³/mol. The van der Waals surface area contributed by atoms with Gasteiger partial charge in [-0.05, 0) is 42.3 Å². The lowest BCUT2D eigenvalue weighted by molar-refractivity contribution is 0.588. The number of pyridine rings is 2. The minimum absolute atomic E-state index is 0.0707. The van der Waals surface area contributed by atoms with E-state index >= 15 is 0 Å². The molecule has 0 aliphatic carbocycles. The Bertz CT molecular complexity index is 1710. The van der Waals surface area contributed by atoms with Crippen molar-refractivity contribution in [3.8, 4) is 0 Å². The molecule has 7 nitrogen and oxygen atoms in total. The van der Waals surface area contributed by atoms with Crippen LogP contribution < -0.4 is 11.0 Å². The lowest BCUT2D eigenvalue weighted by Gasteiger charge is -2.15. The molecular weight excluding hydrogens is 436 g/mol. The van der Waals surface area contributed by atoms with Gasteiger partial charge in [0, 0.05) is 12.7 Å². The highest BCUT2D eigenvalue weighted by Crippen LogP contribution is 2.20. The molecule has 2 aromatic carbocycles. The number of aromatic nitrogens is 3. The molecule has 3 heterocycles. The van der Waals surface area contributed by atoms with E-state index in [2.05, 4.69) is 4.98 Å². The van der Waals surface area contributed by atoms with Gasteiger partial charge in [0.25, 0.3) is 5.56 Å². The van der Waals surface area contributed by atoms with Gasteiger partial charge in [-0.1, -0.05) is 54.6 Å². The topological polar surface area (TPSA) is 97.3 Å². The minimum atomic E-state index is -4.02. The second-order valence-electron chi connectivity index (χ2n) is 7.64. The fourth-order valence-electron chi connectivity index (χ4n) is 3.90. The van der Waals surface area contributed by atoms with Crippen LogP contribution >= 0.6 is 0 Å². The Hall–Kier alpha value is -4.04. The maximum absolute atomic E-state index is 13.4. The summed E-state index contributed by atoms with van der Waals surface area (Å²) in [6, 6.07) is 24.1. The Morgan fingerprint density at radius 1 is 0.879 bits per heavy atom. The van der Waals surface area contributed by atoms with Crippen LogP contribution in [0, 0.1) is 5.41 Å². The molecule has 0 aliphatic heterocycles. The van der Waals surface area contributed by atoms with E-state index in [1.54, 1.807) is 42.6 Å². The van der Waals surface area contributed by atoms with Gasteiger partial charge in [0.2, 0.25) is 9.84 Å². The third kappa shape index (κ3) is 3.64. The molecule has 33 heavy (non-hydrogen) atoms. The smallest absolute Gasteiger partial charge is 0.267 e. The molecule has 0 radical (unpaired) electrons. The lowest BCUT2D eigenvalue weighted by atomic mass is 10.1. The molecule has 5 aromatic rings. The first-order valence-corrected chi connectivity index (χ1v) is 11.9. The SMILES string of the molecule is N=c1c(S(=O)(=O)c2ccccc2)cc2c(=O)n3ccccc3nc2n1CCc1ccccc1. The van der Waals surface area contributed by atoms with Crippen LogP contribution in [-0.4, -0.2) is 22.4 Å². The second kappa shape index (κ2) is 8.14. The van der Waals surface area contributed by atoms with E-state index in [1.807, 2.05) is 30.3 Å². The summed E-state index contributed by atoms with van der Waals surface area (Å²) in [6.07, 6.45) is 2.15. The average Bonchev–Trinajstić information content (AvgIpc) is 2.84. The Balaban J connectivity index is 1.81. The Morgan fingerprint density at radius 3 is 2.27 bits per heavy atom. The summed E-state index contributed by atoms with van der Waals surface area (Å²) in [4.78, 5) is 17.8. The molecule has 0 amide bonds. The number of hydrogen-bond donors (Lipinski definition) is 1. The number of rotatable bonds is 5. The summed E-state index contributed by atoms with van der Waals surface area (Å²) in [5.41, 5.74) is 1.18. The van der Waals surface area contributed by atoms with Crippen LogP contribution in [0.3, 0.4) is 0 Å². The minimum Gasteiger partial charge on any atom is -0.309 e. The summed E-state index contributed by atoms with van der Waals surface area (Å²) in [7, 11) is -4.02. The molecule has 0 spiro atoms. The molecule has 0 unspecified atom stereocenters. The highest BCUT2D eigenvalue weighted by atomic mass is 32.2. The Labute approximate surface area is 189 Å². The molecule has 0 fully saturated rings. The zero-order valence-corrected chi connectivity index (χ0v) is 18.4. The predicted octanol–water partition coefficient (Wildman–Crippen LogP) is 3.20. The molecule has 164 valence electrons. The summed E-state index contributed by atoms with van der Waals surface area (Å²) >= 11 is 0. The molecule has 8 heteroatoms. The number of sulfone groups is 1. The molecule has 0 aliphatic rings. The Morgan fingerprint density at radius 2 is 1.55 bits per heavy atom. The third-order valence-corrected chi connectivity index (χ3v) is 7.38. The number of aryl methyl sites for hydroxylation is 2. The van der Waals surface area contributed by atoms with Gasteiger partial charge in [-0.2, -0.15) is 0 Å². The van der Waals surface area contributed by atoms with Crippen molar-refractivity contribution in [2.75, 3.05) is 0 Å². The number of hydrogen-bond acceptors (Lipinski definition) is 5. The van der Waals surface area contributed by atoms with Crippen LogP contribution in [0.2, 0.25) is 0 Å². The van der Waals surface area contributed by atoms with Crippen molar-refractivity contribution in [3.05, 3.63) is 113 Å². The summed E-state index contributed by atoms with van der Waals surface area (Å²) in [6.45, 7) is 0.299. The first-order valence-electron chi connectivity index (χ1n) is 10.4. The molecule has 0 saturated heterocycles. The first kappa shape index (κ1) is 20.8. The molecule has 1 N–H and O–H groups in total. The van der Waals surface area contributed by atoms with Gasteiger partial charge in [-0.3, -0.25) is 14.6 Å². The van der Waals surface area contributed by atoms with E-state index in [9.17, 15) is 13.2 Å². The van der Waals surface area contributed by atoms with Gasteiger partial charge < -0.3 is 4.57 Å². The van der Waals surface area contributed by atoms with E-state index < -0.39 is 9.84 Å². The van der Waals surface area contributed by atoms with E-state index in [1.165, 1.54) is 27.2 Å². The highest BCUT2D eigenvalue weighted by Gasteiger charge is 2.24. The quantitative estimate of drug-likeness (QED) is 0.411. The van der Waals surface area contributed by atoms with E-state index in [0.29, 0.717) is 24.3 Å². The fourth-order valence-corrected chi connectivity index (χ4v) is 5.30. The van der Waals surface area contributed by atoms with Crippen molar-refractivity contribution in [1.82, 2.24) is 14.0 Å². The van der Waals surface area contributed by atoms with Crippen LogP contribution in [0.15, 0.2) is 106 Å². The van der Waals surface area contributed by atoms with Gasteiger partial charge in [-0.25, -0.2) is 13.4 Å². The molecule has 0 saturated carbocycles. The van der Waals surface area contributed by atoms with Crippen LogP contribution in [0.1, 0.15) is 5.56 Å². The van der Waals surface area contributed by atoms with Gasteiger partial charge >= 0.3 is 0 Å². The van der Waals surface area contributed by atoms with Gasteiger partial charge in [0.05, 0.1) is 10.3 Å². The molecule has 0 atom stereocenters. The van der Waals surface area contributed by atoms with Crippen molar-refractivity contribution in [3.63, 3.8) is 0 Å². The molecule has 3 aromatic heterocycles. The van der Waals surface area contributed by atoms with Gasteiger partial charge in [0.1, 0.15) is 21.7 Å². The highest BCUT2D eigenvalue weighted by molar-refractivity contribution is 7.91. The summed E-state index contributed by atoms with van der Waals surface area (Å²) < 4.78 is 29.8. The van der Waals surface area contributed by atoms with E-state index in [0.717, 1.165) is 5.56 Å². The van der Waals surface area contributed by atoms with Crippen molar-refractivity contribution in [2.45, 2.75) is 22.8 Å². The number of nitrogens with one attached hydrogen (secondary N) is 1. The molecular formula is C25H20N4O3S. The maximum Gasteiger partial charge on any atom is 0.267 e. The summed E-state index contributed by atoms with van der Waals surface area (Å²) in [5, 5.41) is 8.96. The largest absolute Gasteiger partial charge is 0.309 e. The van der Waals surface area contributed by atoms with Crippen LogP contribution in [-0.2, 0) is 22.8 Å². The monoisotopic (exact) mass is 456 g/mol. The van der Waals surface area contributed by atoms with Crippen LogP contribution in [0.4, 0.5) is 0 Å². The van der Waals surface area contributed by atoms with Crippen molar-refractivity contribution < 1.29 is 8.42 Å². The number of nitrogens with zero attached hydrogens (tertiary/aromatic N) is 3. The zero-order valence-electron chi connectivity index (χ0n) is 17.5. The molecule has 5 rings (SSSR count). The van der Waals surface area contributed by atoms with Gasteiger partial charge in [-0.15, -0.1) is 0 Å². The fraction of sp³-hybridized carbons (Fsp3) is 0.0800. The van der Waals surface area contributed by atoms with Crippen molar-refractivity contribution >= 4 is 26.5 Å².